The van der Waals surface area contributed by atoms with Crippen LogP contribution in [0.4, 0.5) is 9.18 Å². The van der Waals surface area contributed by atoms with Crippen molar-refractivity contribution in [2.45, 2.75) is 45.7 Å². The minimum atomic E-state index is -0.320. The van der Waals surface area contributed by atoms with Crippen molar-refractivity contribution < 1.29 is 13.9 Å². The molecule has 1 saturated heterocycles. The van der Waals surface area contributed by atoms with E-state index in [2.05, 4.69) is 24.1 Å². The number of halogens is 1. The molecular weight excluding hydrogens is 297 g/mol. The number of amides is 1. The number of piperidine rings is 1. The Labute approximate surface area is 137 Å². The van der Waals surface area contributed by atoms with Gasteiger partial charge in [-0.3, -0.25) is 4.98 Å². The zero-order valence-electron chi connectivity index (χ0n) is 14.1. The second kappa shape index (κ2) is 8.24. The zero-order chi connectivity index (χ0) is 16.8. The molecule has 1 aromatic rings. The first-order chi connectivity index (χ1) is 11.0. The first-order valence-electron chi connectivity index (χ1n) is 8.30. The van der Waals surface area contributed by atoms with Crippen LogP contribution in [-0.2, 0) is 4.74 Å². The van der Waals surface area contributed by atoms with Crippen LogP contribution < -0.4 is 5.32 Å². The number of hydrogen-bond donors (Lipinski definition) is 1. The molecule has 5 nitrogen and oxygen atoms in total. The Morgan fingerprint density at radius 2 is 2.13 bits per heavy atom. The number of carbonyl (C=O) groups is 1. The maximum Gasteiger partial charge on any atom is 0.409 e. The summed E-state index contributed by atoms with van der Waals surface area (Å²) in [7, 11) is 0. The predicted octanol–water partition coefficient (Wildman–Crippen LogP) is 3.13. The third-order valence-corrected chi connectivity index (χ3v) is 4.17. The highest BCUT2D eigenvalue weighted by Gasteiger charge is 2.27. The van der Waals surface area contributed by atoms with Gasteiger partial charge in [0.2, 0.25) is 0 Å². The summed E-state index contributed by atoms with van der Waals surface area (Å²) < 4.78 is 18.1. The van der Waals surface area contributed by atoms with Gasteiger partial charge in [0.05, 0.1) is 24.5 Å². The molecule has 0 bridgehead atoms. The van der Waals surface area contributed by atoms with Gasteiger partial charge in [-0.15, -0.1) is 0 Å². The van der Waals surface area contributed by atoms with Crippen molar-refractivity contribution >= 4 is 6.09 Å². The maximum absolute atomic E-state index is 13.1. The Bertz CT molecular complexity index is 499. The fraction of sp³-hybridized carbons (Fsp3) is 0.647. The second-order valence-corrected chi connectivity index (χ2v) is 6.25. The van der Waals surface area contributed by atoms with E-state index in [0.717, 1.165) is 18.5 Å². The van der Waals surface area contributed by atoms with Crippen LogP contribution >= 0.6 is 0 Å². The number of nitrogens with one attached hydrogen (secondary N) is 1. The van der Waals surface area contributed by atoms with Gasteiger partial charge in [-0.1, -0.05) is 13.8 Å². The van der Waals surface area contributed by atoms with E-state index in [0.29, 0.717) is 31.7 Å². The lowest BCUT2D eigenvalue weighted by molar-refractivity contribution is 0.0934. The lowest BCUT2D eigenvalue weighted by Crippen LogP contribution is -2.46. The molecule has 0 aromatic carbocycles. The maximum atomic E-state index is 13.1. The summed E-state index contributed by atoms with van der Waals surface area (Å²) in [6.45, 7) is 7.85. The lowest BCUT2D eigenvalue weighted by atomic mass is 9.96. The van der Waals surface area contributed by atoms with Gasteiger partial charge in [-0.05, 0) is 37.8 Å². The fourth-order valence-electron chi connectivity index (χ4n) is 2.89. The van der Waals surface area contributed by atoms with E-state index in [1.54, 1.807) is 11.0 Å². The van der Waals surface area contributed by atoms with Crippen molar-refractivity contribution in [3.63, 3.8) is 0 Å². The summed E-state index contributed by atoms with van der Waals surface area (Å²) in [5.41, 5.74) is 0.856. The molecule has 2 heterocycles. The van der Waals surface area contributed by atoms with Crippen molar-refractivity contribution in [3.05, 3.63) is 29.8 Å². The first-order valence-corrected chi connectivity index (χ1v) is 8.30. The number of pyridine rings is 1. The van der Waals surface area contributed by atoms with Gasteiger partial charge in [-0.25, -0.2) is 9.18 Å². The number of carbonyl (C=O) groups excluding carboxylic acids is 1. The number of rotatable bonds is 5. The van der Waals surface area contributed by atoms with Crippen LogP contribution in [-0.4, -0.2) is 41.7 Å². The SMILES string of the molecule is CCOC(=O)N1CCC(N[C@@H](c2ccc(F)cn2)C(C)C)CC1. The summed E-state index contributed by atoms with van der Waals surface area (Å²) >= 11 is 0. The van der Waals surface area contributed by atoms with E-state index in [1.165, 1.54) is 12.3 Å². The van der Waals surface area contributed by atoms with Crippen molar-refractivity contribution in [3.8, 4) is 0 Å². The zero-order valence-corrected chi connectivity index (χ0v) is 14.1. The molecular formula is C17H26FN3O2. The van der Waals surface area contributed by atoms with Crippen molar-refractivity contribution in [1.29, 1.82) is 0 Å². The van der Waals surface area contributed by atoms with Gasteiger partial charge in [0.15, 0.2) is 0 Å². The van der Waals surface area contributed by atoms with Crippen LogP contribution in [0.5, 0.6) is 0 Å². The van der Waals surface area contributed by atoms with Crippen LogP contribution in [0.2, 0.25) is 0 Å². The van der Waals surface area contributed by atoms with Gasteiger partial charge in [0.1, 0.15) is 5.82 Å². The smallest absolute Gasteiger partial charge is 0.409 e. The molecule has 1 fully saturated rings. The Morgan fingerprint density at radius 3 is 2.65 bits per heavy atom. The van der Waals surface area contributed by atoms with E-state index >= 15 is 0 Å². The highest BCUT2D eigenvalue weighted by Crippen LogP contribution is 2.23. The quantitative estimate of drug-likeness (QED) is 0.904. The molecule has 0 aliphatic carbocycles. The van der Waals surface area contributed by atoms with Crippen LogP contribution in [0, 0.1) is 11.7 Å². The Morgan fingerprint density at radius 1 is 1.43 bits per heavy atom. The van der Waals surface area contributed by atoms with Crippen molar-refractivity contribution in [2.75, 3.05) is 19.7 Å². The van der Waals surface area contributed by atoms with E-state index < -0.39 is 0 Å². The predicted molar refractivity (Wildman–Crippen MR) is 86.5 cm³/mol. The van der Waals surface area contributed by atoms with Crippen LogP contribution in [0.25, 0.3) is 0 Å². The average molecular weight is 323 g/mol. The minimum absolute atomic E-state index is 0.0785. The second-order valence-electron chi connectivity index (χ2n) is 6.25. The number of likely N-dealkylation sites (tertiary alicyclic amines) is 1. The van der Waals surface area contributed by atoms with E-state index in [1.807, 2.05) is 6.92 Å². The van der Waals surface area contributed by atoms with Crippen LogP contribution in [0.3, 0.4) is 0 Å². The fourth-order valence-corrected chi connectivity index (χ4v) is 2.89. The third-order valence-electron chi connectivity index (χ3n) is 4.17. The van der Waals surface area contributed by atoms with Gasteiger partial charge in [0, 0.05) is 19.1 Å². The molecule has 1 amide bonds. The molecule has 1 aliphatic rings. The molecule has 0 spiro atoms. The normalized spacial score (nSPS) is 17.3. The molecule has 1 aromatic heterocycles. The summed E-state index contributed by atoms with van der Waals surface area (Å²) in [6, 6.07) is 3.58. The molecule has 0 unspecified atom stereocenters. The van der Waals surface area contributed by atoms with E-state index in [-0.39, 0.29) is 18.0 Å². The summed E-state index contributed by atoms with van der Waals surface area (Å²) in [4.78, 5) is 17.7. The van der Waals surface area contributed by atoms with Crippen LogP contribution in [0.15, 0.2) is 18.3 Å². The van der Waals surface area contributed by atoms with Crippen molar-refractivity contribution in [1.82, 2.24) is 15.2 Å². The van der Waals surface area contributed by atoms with Gasteiger partial charge in [-0.2, -0.15) is 0 Å². The molecule has 1 aliphatic heterocycles. The summed E-state index contributed by atoms with van der Waals surface area (Å²) in [5, 5.41) is 3.62. The number of ether oxygens (including phenoxy) is 1. The Kier molecular flexibility index (Phi) is 6.33. The average Bonchev–Trinajstić information content (AvgIpc) is 2.54. The van der Waals surface area contributed by atoms with Crippen molar-refractivity contribution in [2.24, 2.45) is 5.92 Å². The minimum Gasteiger partial charge on any atom is -0.450 e. The van der Waals surface area contributed by atoms with Crippen LogP contribution in [0.1, 0.15) is 45.3 Å². The molecule has 1 N–H and O–H groups in total. The highest BCUT2D eigenvalue weighted by molar-refractivity contribution is 5.67. The molecule has 2 rings (SSSR count). The molecule has 0 radical (unpaired) electrons. The Hall–Kier alpha value is -1.69. The molecule has 128 valence electrons. The summed E-state index contributed by atoms with van der Waals surface area (Å²) in [5.74, 6) is 0.0232. The number of nitrogens with zero attached hydrogens (tertiary/aromatic N) is 2. The number of hydrogen-bond acceptors (Lipinski definition) is 4. The Balaban J connectivity index is 1.92. The molecule has 0 saturated carbocycles. The third kappa shape index (κ3) is 4.89. The van der Waals surface area contributed by atoms with Gasteiger partial charge in [0.25, 0.3) is 0 Å². The monoisotopic (exact) mass is 323 g/mol. The lowest BCUT2D eigenvalue weighted by Gasteiger charge is -2.35. The number of aromatic nitrogens is 1. The first kappa shape index (κ1) is 17.7. The topological polar surface area (TPSA) is 54.5 Å². The van der Waals surface area contributed by atoms with Gasteiger partial charge < -0.3 is 15.0 Å². The highest BCUT2D eigenvalue weighted by atomic mass is 19.1. The largest absolute Gasteiger partial charge is 0.450 e. The molecule has 6 heteroatoms. The van der Waals surface area contributed by atoms with Gasteiger partial charge >= 0.3 is 6.09 Å². The van der Waals surface area contributed by atoms with E-state index in [4.69, 9.17) is 4.74 Å². The summed E-state index contributed by atoms with van der Waals surface area (Å²) in [6.07, 6.45) is 2.79. The standard InChI is InChI=1S/C17H26FN3O2/c1-4-23-17(22)21-9-7-14(8-10-21)20-16(12(2)3)15-6-5-13(18)11-19-15/h5-6,11-12,14,16,20H,4,7-10H2,1-3H3/t16-/m1/s1. The van der Waals surface area contributed by atoms with E-state index in [9.17, 15) is 9.18 Å². The molecule has 23 heavy (non-hydrogen) atoms. The molecule has 1 atom stereocenters.